The van der Waals surface area contributed by atoms with Crippen molar-refractivity contribution in [2.75, 3.05) is 34.0 Å². The average molecular weight is 192 g/mol. The largest absolute Gasteiger partial charge is 0.395 e. The van der Waals surface area contributed by atoms with E-state index in [2.05, 4.69) is 14.2 Å². The molecule has 0 aromatic rings. The summed E-state index contributed by atoms with van der Waals surface area (Å²) in [6, 6.07) is -1.07. The van der Waals surface area contributed by atoms with Crippen LogP contribution in [0.1, 0.15) is 0 Å². The topological polar surface area (TPSA) is 47.9 Å². The van der Waals surface area contributed by atoms with Gasteiger partial charge in [-0.15, -0.1) is 0 Å². The molecule has 0 rings (SSSR count). The zero-order chi connectivity index (χ0) is 10.3. The van der Waals surface area contributed by atoms with Crippen molar-refractivity contribution in [3.63, 3.8) is 0 Å². The molecule has 1 N–H and O–H groups in total. The van der Waals surface area contributed by atoms with Crippen LogP contribution in [0, 0.1) is 0 Å². The van der Waals surface area contributed by atoms with Crippen molar-refractivity contribution in [2.24, 2.45) is 0 Å². The Kier molecular flexibility index (Phi) is 6.23. The predicted octanol–water partition coefficient (Wildman–Crippen LogP) is -0.552. The number of ether oxygens (including phenoxy) is 3. The van der Waals surface area contributed by atoms with E-state index >= 15 is 0 Å². The van der Waals surface area contributed by atoms with Crippen molar-refractivity contribution in [1.82, 2.24) is 0 Å². The van der Waals surface area contributed by atoms with Gasteiger partial charge >= 0.3 is 0 Å². The van der Waals surface area contributed by atoms with Crippen LogP contribution in [0.3, 0.4) is 0 Å². The fourth-order valence-corrected chi connectivity index (χ4v) is 0.849. The monoisotopic (exact) mass is 192 g/mol. The molecule has 4 nitrogen and oxygen atoms in total. The summed E-state index contributed by atoms with van der Waals surface area (Å²) in [6.45, 7) is -1.05. The molecule has 0 saturated carbocycles. The minimum absolute atomic E-state index is 0.297. The van der Waals surface area contributed by atoms with Gasteiger partial charge in [-0.25, -0.2) is 4.39 Å². The van der Waals surface area contributed by atoms with Crippen molar-refractivity contribution in [1.29, 1.82) is 0 Å². The molecule has 2 radical (unpaired) electrons. The number of methoxy groups -OCH3 is 2. The van der Waals surface area contributed by atoms with Crippen LogP contribution in [0.25, 0.3) is 0 Å². The molecule has 1 atom stereocenters. The lowest BCUT2D eigenvalue weighted by atomic mass is 10.0. The van der Waals surface area contributed by atoms with Crippen molar-refractivity contribution in [3.8, 4) is 0 Å². The van der Waals surface area contributed by atoms with Crippen molar-refractivity contribution in [3.05, 3.63) is 0 Å². The molecule has 0 aromatic carbocycles. The molecular weight excluding hydrogens is 178 g/mol. The molecule has 0 amide bonds. The lowest BCUT2D eigenvalue weighted by Crippen LogP contribution is -2.42. The Morgan fingerprint density at radius 1 is 1.38 bits per heavy atom. The lowest BCUT2D eigenvalue weighted by molar-refractivity contribution is -0.215. The Hall–Kier alpha value is -0.165. The maximum Gasteiger partial charge on any atom is 0.255 e. The SMILES string of the molecule is [B][C@@H](CO)OC(F)(COC)COC. The molecular formula is C7H14BFO4. The van der Waals surface area contributed by atoms with Crippen LogP contribution < -0.4 is 0 Å². The minimum Gasteiger partial charge on any atom is -0.395 e. The number of rotatable bonds is 7. The van der Waals surface area contributed by atoms with E-state index in [-0.39, 0.29) is 13.2 Å². The molecule has 0 aliphatic carbocycles. The lowest BCUT2D eigenvalue weighted by Gasteiger charge is -2.27. The predicted molar refractivity (Wildman–Crippen MR) is 45.3 cm³/mol. The highest BCUT2D eigenvalue weighted by Crippen LogP contribution is 2.15. The highest BCUT2D eigenvalue weighted by atomic mass is 19.2. The molecule has 0 aliphatic rings. The third-order valence-electron chi connectivity index (χ3n) is 1.26. The maximum absolute atomic E-state index is 13.6. The van der Waals surface area contributed by atoms with E-state index in [1.54, 1.807) is 0 Å². The molecule has 13 heavy (non-hydrogen) atoms. The molecule has 0 saturated heterocycles. The number of hydrogen-bond donors (Lipinski definition) is 1. The summed E-state index contributed by atoms with van der Waals surface area (Å²) in [4.78, 5) is 0. The summed E-state index contributed by atoms with van der Waals surface area (Å²) >= 11 is 0. The molecule has 0 aliphatic heterocycles. The third-order valence-corrected chi connectivity index (χ3v) is 1.26. The average Bonchev–Trinajstić information content (AvgIpc) is 2.04. The van der Waals surface area contributed by atoms with Crippen LogP contribution in [0.5, 0.6) is 0 Å². The van der Waals surface area contributed by atoms with Gasteiger partial charge in [0.05, 0.1) is 6.61 Å². The zero-order valence-corrected chi connectivity index (χ0v) is 7.83. The van der Waals surface area contributed by atoms with Gasteiger partial charge in [-0.3, -0.25) is 0 Å². The van der Waals surface area contributed by atoms with Gasteiger partial charge in [0.1, 0.15) is 21.1 Å². The Morgan fingerprint density at radius 3 is 2.15 bits per heavy atom. The number of halogens is 1. The smallest absolute Gasteiger partial charge is 0.255 e. The van der Waals surface area contributed by atoms with Gasteiger partial charge in [0.25, 0.3) is 5.85 Å². The van der Waals surface area contributed by atoms with Gasteiger partial charge in [-0.1, -0.05) is 0 Å². The highest BCUT2D eigenvalue weighted by molar-refractivity contribution is 6.11. The Balaban J connectivity index is 4.05. The van der Waals surface area contributed by atoms with Crippen LogP contribution in [-0.4, -0.2) is 58.9 Å². The van der Waals surface area contributed by atoms with Crippen molar-refractivity contribution < 1.29 is 23.7 Å². The van der Waals surface area contributed by atoms with E-state index in [0.29, 0.717) is 0 Å². The van der Waals surface area contributed by atoms with E-state index in [1.807, 2.05) is 0 Å². The van der Waals surface area contributed by atoms with Gasteiger partial charge < -0.3 is 19.3 Å². The second-order valence-corrected chi connectivity index (χ2v) is 2.59. The van der Waals surface area contributed by atoms with E-state index in [0.717, 1.165) is 0 Å². The first-order chi connectivity index (χ1) is 6.08. The van der Waals surface area contributed by atoms with Gasteiger partial charge in [-0.2, -0.15) is 0 Å². The molecule has 76 valence electrons. The quantitative estimate of drug-likeness (QED) is 0.549. The fraction of sp³-hybridized carbons (Fsp3) is 1.00. The molecule has 0 aromatic heterocycles. The summed E-state index contributed by atoms with van der Waals surface area (Å²) in [5, 5.41) is 8.54. The third kappa shape index (κ3) is 5.20. The normalized spacial score (nSPS) is 14.5. The molecule has 0 spiro atoms. The summed E-state index contributed by atoms with van der Waals surface area (Å²) in [5.41, 5.74) is 0. The van der Waals surface area contributed by atoms with Crippen LogP contribution in [-0.2, 0) is 14.2 Å². The summed E-state index contributed by atoms with van der Waals surface area (Å²) < 4.78 is 27.4. The van der Waals surface area contributed by atoms with Gasteiger partial charge in [0.15, 0.2) is 0 Å². The molecule has 0 heterocycles. The Labute approximate surface area is 78.4 Å². The first-order valence-corrected chi connectivity index (χ1v) is 3.79. The maximum atomic E-state index is 13.6. The standard InChI is InChI=1S/C7H14BFO4/c1-11-4-7(9,5-12-2)13-6(8)3-10/h6,10H,3-5H2,1-2H3/t6-/m1/s1. The van der Waals surface area contributed by atoms with Crippen molar-refractivity contribution >= 4 is 7.85 Å². The number of alkyl halides is 1. The van der Waals surface area contributed by atoms with Gasteiger partial charge in [-0.05, 0) is 0 Å². The van der Waals surface area contributed by atoms with Gasteiger partial charge in [0, 0.05) is 20.2 Å². The van der Waals surface area contributed by atoms with Crippen LogP contribution in [0.4, 0.5) is 4.39 Å². The van der Waals surface area contributed by atoms with Gasteiger partial charge in [0.2, 0.25) is 0 Å². The summed E-state index contributed by atoms with van der Waals surface area (Å²) in [7, 11) is 7.86. The molecule has 0 bridgehead atoms. The number of hydrogen-bond acceptors (Lipinski definition) is 4. The first kappa shape index (κ1) is 12.8. The summed E-state index contributed by atoms with van der Waals surface area (Å²) in [5.74, 6) is -2.11. The fourth-order valence-electron chi connectivity index (χ4n) is 0.849. The minimum atomic E-state index is -2.11. The molecule has 6 heteroatoms. The number of aliphatic hydroxyl groups is 1. The Morgan fingerprint density at radius 2 is 1.85 bits per heavy atom. The van der Waals surface area contributed by atoms with Crippen LogP contribution in [0.2, 0.25) is 0 Å². The highest BCUT2D eigenvalue weighted by Gasteiger charge is 2.32. The van der Waals surface area contributed by atoms with Crippen LogP contribution >= 0.6 is 0 Å². The second kappa shape index (κ2) is 6.31. The van der Waals surface area contributed by atoms with E-state index in [1.165, 1.54) is 14.2 Å². The van der Waals surface area contributed by atoms with E-state index in [9.17, 15) is 4.39 Å². The Bertz CT molecular complexity index is 130. The molecule has 0 fully saturated rings. The van der Waals surface area contributed by atoms with Crippen LogP contribution in [0.15, 0.2) is 0 Å². The number of aliphatic hydroxyl groups excluding tert-OH is 1. The second-order valence-electron chi connectivity index (χ2n) is 2.59. The van der Waals surface area contributed by atoms with E-state index < -0.39 is 18.5 Å². The van der Waals surface area contributed by atoms with E-state index in [4.69, 9.17) is 13.0 Å². The first-order valence-electron chi connectivity index (χ1n) is 3.79. The zero-order valence-electron chi connectivity index (χ0n) is 7.83. The summed E-state index contributed by atoms with van der Waals surface area (Å²) in [6.07, 6.45) is 0. The van der Waals surface area contributed by atoms with Crippen molar-refractivity contribution in [2.45, 2.75) is 11.9 Å². The molecule has 0 unspecified atom stereocenters.